The zero-order valence-electron chi connectivity index (χ0n) is 9.67. The maximum Gasteiger partial charge on any atom is 0.251 e. The van der Waals surface area contributed by atoms with E-state index in [2.05, 4.69) is 5.32 Å². The molecule has 0 aliphatic heterocycles. The van der Waals surface area contributed by atoms with Gasteiger partial charge in [0.1, 0.15) is 11.6 Å². The van der Waals surface area contributed by atoms with Crippen molar-refractivity contribution in [3.8, 4) is 0 Å². The molecule has 1 amide bonds. The molecule has 0 bridgehead atoms. The van der Waals surface area contributed by atoms with Crippen LogP contribution < -0.4 is 11.1 Å². The van der Waals surface area contributed by atoms with Gasteiger partial charge in [-0.2, -0.15) is 0 Å². The van der Waals surface area contributed by atoms with Crippen LogP contribution in [0.5, 0.6) is 0 Å². The second kappa shape index (κ2) is 6.30. The summed E-state index contributed by atoms with van der Waals surface area (Å²) in [7, 11) is 0. The Balaban J connectivity index is 2.47. The molecule has 1 aromatic carbocycles. The molecule has 0 aliphatic carbocycles. The second-order valence-corrected chi connectivity index (χ2v) is 4.03. The summed E-state index contributed by atoms with van der Waals surface area (Å²) < 4.78 is 25.7. The predicted molar refractivity (Wildman–Crippen MR) is 61.6 cm³/mol. The minimum Gasteiger partial charge on any atom is -0.352 e. The van der Waals surface area contributed by atoms with E-state index in [-0.39, 0.29) is 11.6 Å². The first-order valence-corrected chi connectivity index (χ1v) is 5.49. The molecule has 1 atom stereocenters. The molecule has 1 unspecified atom stereocenters. The SMILES string of the molecule is CC(N)CCCNC(=O)c1cc(F)cc(F)c1. The summed E-state index contributed by atoms with van der Waals surface area (Å²) in [4.78, 5) is 11.5. The molecule has 3 nitrogen and oxygen atoms in total. The molecule has 5 heteroatoms. The summed E-state index contributed by atoms with van der Waals surface area (Å²) in [5, 5.41) is 2.58. The highest BCUT2D eigenvalue weighted by Crippen LogP contribution is 2.07. The molecule has 0 aromatic heterocycles. The van der Waals surface area contributed by atoms with E-state index < -0.39 is 17.5 Å². The lowest BCUT2D eigenvalue weighted by atomic mass is 10.2. The van der Waals surface area contributed by atoms with Crippen molar-refractivity contribution in [1.82, 2.24) is 5.32 Å². The van der Waals surface area contributed by atoms with Gasteiger partial charge in [-0.1, -0.05) is 0 Å². The Morgan fingerprint density at radius 1 is 1.35 bits per heavy atom. The molecule has 1 rings (SSSR count). The number of hydrogen-bond acceptors (Lipinski definition) is 2. The Morgan fingerprint density at radius 2 is 1.94 bits per heavy atom. The standard InChI is InChI=1S/C12H16F2N2O/c1-8(15)3-2-4-16-12(17)9-5-10(13)7-11(14)6-9/h5-8H,2-4,15H2,1H3,(H,16,17). The molecule has 0 spiro atoms. The summed E-state index contributed by atoms with van der Waals surface area (Å²) in [6.07, 6.45) is 1.53. The van der Waals surface area contributed by atoms with E-state index in [1.807, 2.05) is 6.92 Å². The smallest absolute Gasteiger partial charge is 0.251 e. The van der Waals surface area contributed by atoms with Gasteiger partial charge >= 0.3 is 0 Å². The lowest BCUT2D eigenvalue weighted by Crippen LogP contribution is -2.26. The molecule has 1 aromatic rings. The van der Waals surface area contributed by atoms with E-state index in [1.54, 1.807) is 0 Å². The predicted octanol–water partition coefficient (Wildman–Crippen LogP) is 1.82. The lowest BCUT2D eigenvalue weighted by Gasteiger charge is -2.07. The van der Waals surface area contributed by atoms with Gasteiger partial charge in [-0.25, -0.2) is 8.78 Å². The maximum absolute atomic E-state index is 12.8. The summed E-state index contributed by atoms with van der Waals surface area (Å²) in [5.41, 5.74) is 5.54. The quantitative estimate of drug-likeness (QED) is 0.774. The van der Waals surface area contributed by atoms with Crippen molar-refractivity contribution in [2.75, 3.05) is 6.54 Å². The average Bonchev–Trinajstić information content (AvgIpc) is 2.22. The van der Waals surface area contributed by atoms with Gasteiger partial charge in [0.05, 0.1) is 0 Å². The molecular weight excluding hydrogens is 226 g/mol. The number of nitrogens with two attached hydrogens (primary N) is 1. The number of rotatable bonds is 5. The topological polar surface area (TPSA) is 55.1 Å². The van der Waals surface area contributed by atoms with Gasteiger partial charge in [-0.3, -0.25) is 4.79 Å². The molecule has 0 fully saturated rings. The van der Waals surface area contributed by atoms with Crippen LogP contribution in [0.1, 0.15) is 30.1 Å². The molecule has 0 saturated carbocycles. The van der Waals surface area contributed by atoms with Crippen LogP contribution in [0.25, 0.3) is 0 Å². The summed E-state index contributed by atoms with van der Waals surface area (Å²) in [5.74, 6) is -2.00. The fourth-order valence-corrected chi connectivity index (χ4v) is 1.41. The van der Waals surface area contributed by atoms with E-state index in [9.17, 15) is 13.6 Å². The van der Waals surface area contributed by atoms with Crippen LogP contribution >= 0.6 is 0 Å². The van der Waals surface area contributed by atoms with Gasteiger partial charge in [0.15, 0.2) is 0 Å². The van der Waals surface area contributed by atoms with Gasteiger partial charge in [0.25, 0.3) is 5.91 Å². The largest absolute Gasteiger partial charge is 0.352 e. The van der Waals surface area contributed by atoms with Gasteiger partial charge in [0, 0.05) is 24.2 Å². The number of amides is 1. The molecule has 0 radical (unpaired) electrons. The van der Waals surface area contributed by atoms with Crippen LogP contribution in [0.2, 0.25) is 0 Å². The van der Waals surface area contributed by atoms with Crippen molar-refractivity contribution in [1.29, 1.82) is 0 Å². The van der Waals surface area contributed by atoms with Gasteiger partial charge in [0.2, 0.25) is 0 Å². The third-order valence-electron chi connectivity index (χ3n) is 2.25. The number of nitrogens with one attached hydrogen (secondary N) is 1. The molecular formula is C12H16F2N2O. The molecule has 94 valence electrons. The summed E-state index contributed by atoms with van der Waals surface area (Å²) >= 11 is 0. The lowest BCUT2D eigenvalue weighted by molar-refractivity contribution is 0.0952. The van der Waals surface area contributed by atoms with Crippen molar-refractivity contribution < 1.29 is 13.6 Å². The molecule has 0 aliphatic rings. The minimum absolute atomic E-state index is 0.0108. The summed E-state index contributed by atoms with van der Waals surface area (Å²) in [6, 6.07) is 2.82. The molecule has 17 heavy (non-hydrogen) atoms. The Labute approximate surface area is 99.0 Å². The number of benzene rings is 1. The van der Waals surface area contributed by atoms with E-state index >= 15 is 0 Å². The van der Waals surface area contributed by atoms with Crippen molar-refractivity contribution in [3.63, 3.8) is 0 Å². The van der Waals surface area contributed by atoms with Gasteiger partial charge < -0.3 is 11.1 Å². The number of halogens is 2. The first-order chi connectivity index (χ1) is 7.99. The van der Waals surface area contributed by atoms with Crippen molar-refractivity contribution >= 4 is 5.91 Å². The molecule has 3 N–H and O–H groups in total. The van der Waals surface area contributed by atoms with Crippen molar-refractivity contribution in [3.05, 3.63) is 35.4 Å². The monoisotopic (exact) mass is 242 g/mol. The number of carbonyl (C=O) groups excluding carboxylic acids is 1. The van der Waals surface area contributed by atoms with Crippen molar-refractivity contribution in [2.24, 2.45) is 5.73 Å². The van der Waals surface area contributed by atoms with E-state index in [1.165, 1.54) is 0 Å². The first-order valence-electron chi connectivity index (χ1n) is 5.49. The third kappa shape index (κ3) is 4.91. The van der Waals surface area contributed by atoms with Crippen LogP contribution in [-0.4, -0.2) is 18.5 Å². The summed E-state index contributed by atoms with van der Waals surface area (Å²) in [6.45, 7) is 2.32. The van der Waals surface area contributed by atoms with E-state index in [0.717, 1.165) is 31.0 Å². The Morgan fingerprint density at radius 3 is 2.47 bits per heavy atom. The Kier molecular flexibility index (Phi) is 5.03. The molecule has 0 saturated heterocycles. The van der Waals surface area contributed by atoms with Gasteiger partial charge in [-0.15, -0.1) is 0 Å². The maximum atomic E-state index is 12.8. The fourth-order valence-electron chi connectivity index (χ4n) is 1.41. The van der Waals surface area contributed by atoms with Crippen molar-refractivity contribution in [2.45, 2.75) is 25.8 Å². The van der Waals surface area contributed by atoms with E-state index in [0.29, 0.717) is 6.54 Å². The van der Waals surface area contributed by atoms with Crippen LogP contribution in [0, 0.1) is 11.6 Å². The zero-order valence-corrected chi connectivity index (χ0v) is 9.67. The minimum atomic E-state index is -0.759. The van der Waals surface area contributed by atoms with Crippen LogP contribution in [-0.2, 0) is 0 Å². The second-order valence-electron chi connectivity index (χ2n) is 4.03. The van der Waals surface area contributed by atoms with Gasteiger partial charge in [-0.05, 0) is 31.9 Å². The van der Waals surface area contributed by atoms with E-state index in [4.69, 9.17) is 5.73 Å². The van der Waals surface area contributed by atoms with Crippen LogP contribution in [0.15, 0.2) is 18.2 Å². The molecule has 0 heterocycles. The zero-order chi connectivity index (χ0) is 12.8. The fraction of sp³-hybridized carbons (Fsp3) is 0.417. The highest BCUT2D eigenvalue weighted by molar-refractivity contribution is 5.94. The first kappa shape index (κ1) is 13.6. The van der Waals surface area contributed by atoms with Crippen LogP contribution in [0.4, 0.5) is 8.78 Å². The normalized spacial score (nSPS) is 12.2. The highest BCUT2D eigenvalue weighted by atomic mass is 19.1. The Bertz CT molecular complexity index is 374. The van der Waals surface area contributed by atoms with Crippen LogP contribution in [0.3, 0.4) is 0 Å². The number of carbonyl (C=O) groups is 1. The highest BCUT2D eigenvalue weighted by Gasteiger charge is 2.08. The average molecular weight is 242 g/mol. The Hall–Kier alpha value is -1.49. The third-order valence-corrected chi connectivity index (χ3v) is 2.25. The number of hydrogen-bond donors (Lipinski definition) is 2.